The first-order valence-electron chi connectivity index (χ1n) is 5.40. The van der Waals surface area contributed by atoms with E-state index in [2.05, 4.69) is 20.1 Å². The van der Waals surface area contributed by atoms with Crippen LogP contribution in [0.2, 0.25) is 10.3 Å². The summed E-state index contributed by atoms with van der Waals surface area (Å²) in [7, 11) is 0. The number of hydrogen-bond acceptors (Lipinski definition) is 4. The van der Waals surface area contributed by atoms with Crippen molar-refractivity contribution in [1.29, 1.82) is 0 Å². The van der Waals surface area contributed by atoms with Crippen LogP contribution in [0.1, 0.15) is 0 Å². The Bertz CT molecular complexity index is 694. The van der Waals surface area contributed by atoms with Gasteiger partial charge in [0.1, 0.15) is 0 Å². The summed E-state index contributed by atoms with van der Waals surface area (Å²) in [6.07, 6.45) is 3.23. The molecule has 1 aromatic carbocycles. The highest BCUT2D eigenvalue weighted by molar-refractivity contribution is 6.30. The predicted molar refractivity (Wildman–Crippen MR) is 72.4 cm³/mol. The van der Waals surface area contributed by atoms with Gasteiger partial charge < -0.3 is 0 Å². The van der Waals surface area contributed by atoms with Crippen LogP contribution in [0.25, 0.3) is 17.3 Å². The fourth-order valence-electron chi connectivity index (χ4n) is 1.54. The van der Waals surface area contributed by atoms with E-state index in [4.69, 9.17) is 23.2 Å². The van der Waals surface area contributed by atoms with E-state index in [-0.39, 0.29) is 5.28 Å². The van der Waals surface area contributed by atoms with Gasteiger partial charge in [-0.2, -0.15) is 9.67 Å². The molecule has 0 bridgehead atoms. The first kappa shape index (κ1) is 12.1. The molecule has 2 aromatic heterocycles. The molecule has 19 heavy (non-hydrogen) atoms. The van der Waals surface area contributed by atoms with Crippen LogP contribution in [0.4, 0.5) is 0 Å². The molecule has 0 aliphatic rings. The molecule has 3 rings (SSSR count). The fraction of sp³-hybridized carbons (Fsp3) is 0. The van der Waals surface area contributed by atoms with E-state index < -0.39 is 0 Å². The molecule has 7 heteroatoms. The van der Waals surface area contributed by atoms with Gasteiger partial charge in [0.15, 0.2) is 5.82 Å². The van der Waals surface area contributed by atoms with Crippen molar-refractivity contribution in [3.63, 3.8) is 0 Å². The van der Waals surface area contributed by atoms with Crippen molar-refractivity contribution < 1.29 is 0 Å². The van der Waals surface area contributed by atoms with Gasteiger partial charge in [0, 0.05) is 23.0 Å². The minimum Gasteiger partial charge on any atom is -0.220 e. The highest BCUT2D eigenvalue weighted by Gasteiger charge is 2.12. The standard InChI is InChI=1S/C12H7Cl2N5/c13-9-4-2-8(3-5-9)10-17-11(14)19(18-10)12-15-6-1-7-16-12/h1-7H. The molecule has 0 fully saturated rings. The van der Waals surface area contributed by atoms with Crippen molar-refractivity contribution in [2.45, 2.75) is 0 Å². The second-order valence-corrected chi connectivity index (χ2v) is 4.45. The third-order valence-corrected chi connectivity index (χ3v) is 2.91. The molecular formula is C12H7Cl2N5. The van der Waals surface area contributed by atoms with Crippen molar-refractivity contribution in [3.8, 4) is 17.3 Å². The summed E-state index contributed by atoms with van der Waals surface area (Å²) in [5.74, 6) is 0.870. The quantitative estimate of drug-likeness (QED) is 0.728. The SMILES string of the molecule is Clc1ccc(-c2nc(Cl)n(-c3ncccn3)n2)cc1. The number of rotatable bonds is 2. The van der Waals surface area contributed by atoms with E-state index in [1.165, 1.54) is 4.68 Å². The summed E-state index contributed by atoms with van der Waals surface area (Å²) < 4.78 is 1.38. The number of halogens is 2. The van der Waals surface area contributed by atoms with Crippen LogP contribution in [0, 0.1) is 0 Å². The molecule has 0 saturated heterocycles. The van der Waals surface area contributed by atoms with Gasteiger partial charge in [0.25, 0.3) is 5.95 Å². The van der Waals surface area contributed by atoms with Gasteiger partial charge >= 0.3 is 0 Å². The Kier molecular flexibility index (Phi) is 3.15. The Balaban J connectivity index is 2.04. The lowest BCUT2D eigenvalue weighted by Crippen LogP contribution is -2.02. The maximum atomic E-state index is 6.04. The normalized spacial score (nSPS) is 10.6. The van der Waals surface area contributed by atoms with Crippen LogP contribution in [0.15, 0.2) is 42.7 Å². The first-order valence-corrected chi connectivity index (χ1v) is 6.15. The van der Waals surface area contributed by atoms with Crippen molar-refractivity contribution in [2.24, 2.45) is 0 Å². The summed E-state index contributed by atoms with van der Waals surface area (Å²) in [6, 6.07) is 8.90. The Hall–Kier alpha value is -1.98. The van der Waals surface area contributed by atoms with Gasteiger partial charge in [-0.05, 0) is 41.9 Å². The van der Waals surface area contributed by atoms with Crippen LogP contribution in [-0.2, 0) is 0 Å². The second-order valence-electron chi connectivity index (χ2n) is 3.67. The Morgan fingerprint density at radius 3 is 2.32 bits per heavy atom. The lowest BCUT2D eigenvalue weighted by Gasteiger charge is -1.97. The summed E-state index contributed by atoms with van der Waals surface area (Å²) >= 11 is 11.9. The third kappa shape index (κ3) is 2.43. The van der Waals surface area contributed by atoms with Crippen LogP contribution < -0.4 is 0 Å². The molecule has 2 heterocycles. The average molecular weight is 292 g/mol. The van der Waals surface area contributed by atoms with E-state index >= 15 is 0 Å². The molecule has 5 nitrogen and oxygen atoms in total. The van der Waals surface area contributed by atoms with E-state index in [0.717, 1.165) is 5.56 Å². The highest BCUT2D eigenvalue weighted by atomic mass is 35.5. The lowest BCUT2D eigenvalue weighted by atomic mass is 10.2. The Morgan fingerprint density at radius 1 is 0.947 bits per heavy atom. The molecule has 0 spiro atoms. The summed E-state index contributed by atoms with van der Waals surface area (Å²) in [6.45, 7) is 0. The van der Waals surface area contributed by atoms with Gasteiger partial charge in [-0.15, -0.1) is 5.10 Å². The minimum atomic E-state index is 0.205. The molecule has 0 aliphatic heterocycles. The zero-order chi connectivity index (χ0) is 13.2. The third-order valence-electron chi connectivity index (χ3n) is 2.41. The number of aromatic nitrogens is 5. The topological polar surface area (TPSA) is 56.5 Å². The summed E-state index contributed by atoms with van der Waals surface area (Å²) in [4.78, 5) is 12.3. The monoisotopic (exact) mass is 291 g/mol. The average Bonchev–Trinajstić information content (AvgIpc) is 2.83. The van der Waals surface area contributed by atoms with Crippen LogP contribution in [0.3, 0.4) is 0 Å². The number of benzene rings is 1. The maximum absolute atomic E-state index is 6.04. The fourth-order valence-corrected chi connectivity index (χ4v) is 1.86. The molecule has 0 amide bonds. The number of nitrogens with zero attached hydrogens (tertiary/aromatic N) is 5. The minimum absolute atomic E-state index is 0.205. The van der Waals surface area contributed by atoms with Crippen molar-refractivity contribution >= 4 is 23.2 Å². The van der Waals surface area contributed by atoms with Crippen molar-refractivity contribution in [3.05, 3.63) is 53.0 Å². The van der Waals surface area contributed by atoms with Gasteiger partial charge in [-0.3, -0.25) is 0 Å². The molecule has 0 aliphatic carbocycles. The van der Waals surface area contributed by atoms with E-state index in [0.29, 0.717) is 16.8 Å². The Labute approximate surface area is 118 Å². The molecule has 0 N–H and O–H groups in total. The van der Waals surface area contributed by atoms with Crippen LogP contribution >= 0.6 is 23.2 Å². The molecule has 94 valence electrons. The smallest absolute Gasteiger partial charge is 0.220 e. The summed E-state index contributed by atoms with van der Waals surface area (Å²) in [5.41, 5.74) is 0.820. The first-order chi connectivity index (χ1) is 9.24. The zero-order valence-electron chi connectivity index (χ0n) is 9.53. The van der Waals surface area contributed by atoms with E-state index in [1.807, 2.05) is 12.1 Å². The lowest BCUT2D eigenvalue weighted by molar-refractivity contribution is 0.809. The van der Waals surface area contributed by atoms with Gasteiger partial charge in [-0.1, -0.05) is 11.6 Å². The van der Waals surface area contributed by atoms with Crippen molar-refractivity contribution in [1.82, 2.24) is 24.7 Å². The largest absolute Gasteiger partial charge is 0.253 e. The Morgan fingerprint density at radius 2 is 1.63 bits per heavy atom. The van der Waals surface area contributed by atoms with Gasteiger partial charge in [0.05, 0.1) is 0 Å². The van der Waals surface area contributed by atoms with Gasteiger partial charge in [-0.25, -0.2) is 9.97 Å². The molecule has 3 aromatic rings. The molecule has 0 radical (unpaired) electrons. The highest BCUT2D eigenvalue weighted by Crippen LogP contribution is 2.21. The summed E-state index contributed by atoms with van der Waals surface area (Å²) in [5, 5.41) is 5.14. The van der Waals surface area contributed by atoms with Gasteiger partial charge in [0.2, 0.25) is 5.28 Å². The molecule has 0 atom stereocenters. The van der Waals surface area contributed by atoms with E-state index in [1.54, 1.807) is 30.6 Å². The maximum Gasteiger partial charge on any atom is 0.253 e. The van der Waals surface area contributed by atoms with Crippen molar-refractivity contribution in [2.75, 3.05) is 0 Å². The predicted octanol–water partition coefficient (Wildman–Crippen LogP) is 3.03. The zero-order valence-corrected chi connectivity index (χ0v) is 11.0. The van der Waals surface area contributed by atoms with Crippen LogP contribution in [0.5, 0.6) is 0 Å². The molecule has 0 unspecified atom stereocenters. The van der Waals surface area contributed by atoms with Crippen LogP contribution in [-0.4, -0.2) is 24.7 Å². The molecule has 0 saturated carbocycles. The second kappa shape index (κ2) is 4.95. The molecular weight excluding hydrogens is 285 g/mol. The number of hydrogen-bond donors (Lipinski definition) is 0. The van der Waals surface area contributed by atoms with E-state index in [9.17, 15) is 0 Å².